The van der Waals surface area contributed by atoms with E-state index >= 15 is 0 Å². The average molecular weight is 398 g/mol. The summed E-state index contributed by atoms with van der Waals surface area (Å²) in [6.45, 7) is 4.04. The molecular weight excluding hydrogens is 376 g/mol. The Kier molecular flexibility index (Phi) is 5.30. The molecular formula is C24H22N4O2. The van der Waals surface area contributed by atoms with Crippen molar-refractivity contribution in [1.82, 2.24) is 14.8 Å². The number of methoxy groups -OCH3 is 1. The van der Waals surface area contributed by atoms with Crippen LogP contribution in [0.25, 0.3) is 17.1 Å². The van der Waals surface area contributed by atoms with E-state index in [-0.39, 0.29) is 11.7 Å². The van der Waals surface area contributed by atoms with Gasteiger partial charge in [0.2, 0.25) is 5.82 Å². The molecule has 4 aromatic rings. The molecule has 0 spiro atoms. The molecule has 3 aromatic carbocycles. The molecule has 1 aromatic heterocycles. The van der Waals surface area contributed by atoms with E-state index in [0.29, 0.717) is 11.5 Å². The summed E-state index contributed by atoms with van der Waals surface area (Å²) >= 11 is 0. The Morgan fingerprint density at radius 3 is 2.30 bits per heavy atom. The number of aryl methyl sites for hydroxylation is 2. The number of nitrogens with one attached hydrogen (secondary N) is 1. The lowest BCUT2D eigenvalue weighted by Crippen LogP contribution is -2.14. The SMILES string of the molecule is COc1ccc(NC(=O)c2nc(-c3ccc(C)cc3)n(-c3ccccc3C)n2)cc1. The van der Waals surface area contributed by atoms with Crippen LogP contribution >= 0.6 is 0 Å². The first-order chi connectivity index (χ1) is 14.5. The van der Waals surface area contributed by atoms with Crippen molar-refractivity contribution < 1.29 is 9.53 Å². The van der Waals surface area contributed by atoms with Crippen LogP contribution < -0.4 is 10.1 Å². The van der Waals surface area contributed by atoms with E-state index in [9.17, 15) is 4.79 Å². The number of nitrogens with zero attached hydrogens (tertiary/aromatic N) is 3. The van der Waals surface area contributed by atoms with Gasteiger partial charge in [0.05, 0.1) is 12.8 Å². The Morgan fingerprint density at radius 2 is 1.63 bits per heavy atom. The minimum atomic E-state index is -0.374. The predicted molar refractivity (Wildman–Crippen MR) is 117 cm³/mol. The summed E-state index contributed by atoms with van der Waals surface area (Å²) in [5.74, 6) is 1.06. The molecule has 0 unspecified atom stereocenters. The second-order valence-electron chi connectivity index (χ2n) is 7.01. The number of hydrogen-bond donors (Lipinski definition) is 1. The highest BCUT2D eigenvalue weighted by Crippen LogP contribution is 2.24. The summed E-state index contributed by atoms with van der Waals surface area (Å²) in [6.07, 6.45) is 0. The van der Waals surface area contributed by atoms with Crippen LogP contribution in [-0.2, 0) is 0 Å². The topological polar surface area (TPSA) is 69.0 Å². The zero-order chi connectivity index (χ0) is 21.1. The number of ether oxygens (including phenoxy) is 1. The van der Waals surface area contributed by atoms with Crippen molar-refractivity contribution in [2.45, 2.75) is 13.8 Å². The van der Waals surface area contributed by atoms with E-state index in [1.54, 1.807) is 36.1 Å². The van der Waals surface area contributed by atoms with Crippen molar-refractivity contribution in [2.75, 3.05) is 12.4 Å². The van der Waals surface area contributed by atoms with Gasteiger partial charge in [-0.15, -0.1) is 5.10 Å². The second kappa shape index (κ2) is 8.21. The Labute approximate surface area is 175 Å². The molecule has 150 valence electrons. The summed E-state index contributed by atoms with van der Waals surface area (Å²) in [6, 6.07) is 23.0. The Balaban J connectivity index is 1.73. The lowest BCUT2D eigenvalue weighted by molar-refractivity contribution is 0.101. The fourth-order valence-electron chi connectivity index (χ4n) is 3.13. The van der Waals surface area contributed by atoms with Crippen LogP contribution in [0.4, 0.5) is 5.69 Å². The second-order valence-corrected chi connectivity index (χ2v) is 7.01. The van der Waals surface area contributed by atoms with Gasteiger partial charge in [-0.05, 0) is 49.7 Å². The van der Waals surface area contributed by atoms with Crippen molar-refractivity contribution in [3.63, 3.8) is 0 Å². The van der Waals surface area contributed by atoms with E-state index in [4.69, 9.17) is 4.74 Å². The lowest BCUT2D eigenvalue weighted by Gasteiger charge is -2.08. The lowest BCUT2D eigenvalue weighted by atomic mass is 10.1. The zero-order valence-corrected chi connectivity index (χ0v) is 17.1. The molecule has 1 N–H and O–H groups in total. The molecule has 30 heavy (non-hydrogen) atoms. The van der Waals surface area contributed by atoms with Crippen LogP contribution in [0.5, 0.6) is 5.75 Å². The van der Waals surface area contributed by atoms with E-state index < -0.39 is 0 Å². The van der Waals surface area contributed by atoms with Gasteiger partial charge in [-0.25, -0.2) is 9.67 Å². The number of hydrogen-bond acceptors (Lipinski definition) is 4. The third kappa shape index (κ3) is 3.93. The summed E-state index contributed by atoms with van der Waals surface area (Å²) in [5, 5.41) is 7.38. The molecule has 6 nitrogen and oxygen atoms in total. The highest BCUT2D eigenvalue weighted by atomic mass is 16.5. The molecule has 6 heteroatoms. The van der Waals surface area contributed by atoms with Crippen LogP contribution in [0.3, 0.4) is 0 Å². The Bertz CT molecular complexity index is 1180. The molecule has 0 radical (unpaired) electrons. The van der Waals surface area contributed by atoms with Crippen molar-refractivity contribution in [1.29, 1.82) is 0 Å². The highest BCUT2D eigenvalue weighted by Gasteiger charge is 2.19. The average Bonchev–Trinajstić information content (AvgIpc) is 3.20. The van der Waals surface area contributed by atoms with Crippen molar-refractivity contribution in [2.24, 2.45) is 0 Å². The molecule has 1 amide bonds. The number of anilines is 1. The molecule has 0 aliphatic carbocycles. The first-order valence-electron chi connectivity index (χ1n) is 9.60. The molecule has 0 aliphatic heterocycles. The van der Waals surface area contributed by atoms with E-state index in [1.807, 2.05) is 62.4 Å². The minimum Gasteiger partial charge on any atom is -0.497 e. The van der Waals surface area contributed by atoms with Gasteiger partial charge in [0.15, 0.2) is 5.82 Å². The van der Waals surface area contributed by atoms with Crippen LogP contribution in [0.15, 0.2) is 72.8 Å². The van der Waals surface area contributed by atoms with Crippen LogP contribution in [-0.4, -0.2) is 27.8 Å². The number of aromatic nitrogens is 3. The zero-order valence-electron chi connectivity index (χ0n) is 17.1. The van der Waals surface area contributed by atoms with E-state index in [2.05, 4.69) is 15.4 Å². The maximum atomic E-state index is 12.9. The Morgan fingerprint density at radius 1 is 0.933 bits per heavy atom. The van der Waals surface area contributed by atoms with Crippen LogP contribution in [0.1, 0.15) is 21.7 Å². The van der Waals surface area contributed by atoms with E-state index in [0.717, 1.165) is 28.1 Å². The standard InChI is InChI=1S/C24H22N4O2/c1-16-8-10-18(11-9-16)23-26-22(27-28(23)21-7-5-4-6-17(21)2)24(29)25-19-12-14-20(30-3)15-13-19/h4-15H,1-3H3,(H,25,29). The fraction of sp³-hybridized carbons (Fsp3) is 0.125. The predicted octanol–water partition coefficient (Wildman–Crippen LogP) is 4.81. The maximum Gasteiger partial charge on any atom is 0.295 e. The molecule has 4 rings (SSSR count). The van der Waals surface area contributed by atoms with Gasteiger partial charge in [0.1, 0.15) is 5.75 Å². The minimum absolute atomic E-state index is 0.102. The quantitative estimate of drug-likeness (QED) is 0.524. The van der Waals surface area contributed by atoms with Crippen molar-refractivity contribution >= 4 is 11.6 Å². The Hall–Kier alpha value is -3.93. The monoisotopic (exact) mass is 398 g/mol. The molecule has 0 fully saturated rings. The maximum absolute atomic E-state index is 12.9. The van der Waals surface area contributed by atoms with Gasteiger partial charge in [-0.2, -0.15) is 0 Å². The van der Waals surface area contributed by atoms with Crippen molar-refractivity contribution in [3.8, 4) is 22.8 Å². The largest absolute Gasteiger partial charge is 0.497 e. The van der Waals surface area contributed by atoms with Crippen LogP contribution in [0.2, 0.25) is 0 Å². The van der Waals surface area contributed by atoms with Gasteiger partial charge in [0, 0.05) is 11.3 Å². The molecule has 0 bridgehead atoms. The molecule has 0 atom stereocenters. The number of benzene rings is 3. The summed E-state index contributed by atoms with van der Waals surface area (Å²) in [4.78, 5) is 17.4. The third-order valence-electron chi connectivity index (χ3n) is 4.81. The smallest absolute Gasteiger partial charge is 0.295 e. The van der Waals surface area contributed by atoms with E-state index in [1.165, 1.54) is 0 Å². The number of amides is 1. The molecule has 0 aliphatic rings. The number of rotatable bonds is 5. The number of para-hydroxylation sites is 1. The highest BCUT2D eigenvalue weighted by molar-refractivity contribution is 6.01. The van der Waals surface area contributed by atoms with Gasteiger partial charge in [-0.3, -0.25) is 4.79 Å². The summed E-state index contributed by atoms with van der Waals surface area (Å²) in [5.41, 5.74) is 4.60. The number of carbonyl (C=O) groups excluding carboxylic acids is 1. The first-order valence-corrected chi connectivity index (χ1v) is 9.60. The van der Waals surface area contributed by atoms with Crippen LogP contribution in [0, 0.1) is 13.8 Å². The molecule has 0 saturated carbocycles. The van der Waals surface area contributed by atoms with Gasteiger partial charge >= 0.3 is 0 Å². The molecule has 1 heterocycles. The summed E-state index contributed by atoms with van der Waals surface area (Å²) in [7, 11) is 1.60. The summed E-state index contributed by atoms with van der Waals surface area (Å²) < 4.78 is 6.88. The van der Waals surface area contributed by atoms with Gasteiger partial charge < -0.3 is 10.1 Å². The normalized spacial score (nSPS) is 10.6. The van der Waals surface area contributed by atoms with Gasteiger partial charge in [-0.1, -0.05) is 48.0 Å². The van der Waals surface area contributed by atoms with Gasteiger partial charge in [0.25, 0.3) is 5.91 Å². The third-order valence-corrected chi connectivity index (χ3v) is 4.81. The fourth-order valence-corrected chi connectivity index (χ4v) is 3.13. The first kappa shape index (κ1) is 19.4. The molecule has 0 saturated heterocycles. The van der Waals surface area contributed by atoms with Crippen molar-refractivity contribution in [3.05, 3.63) is 89.7 Å². The number of carbonyl (C=O) groups is 1.